The average Bonchev–Trinajstić information content (AvgIpc) is 3.07. The molecular formula is C29H47FO5Si. The van der Waals surface area contributed by atoms with Crippen molar-refractivity contribution < 1.29 is 27.8 Å². The third-order valence-electron chi connectivity index (χ3n) is 7.23. The molecule has 1 aliphatic rings. The van der Waals surface area contributed by atoms with E-state index in [1.807, 2.05) is 52.0 Å². The molecule has 2 unspecified atom stereocenters. The van der Waals surface area contributed by atoms with Gasteiger partial charge in [0.05, 0.1) is 19.8 Å². The van der Waals surface area contributed by atoms with Gasteiger partial charge >= 0.3 is 0 Å². The van der Waals surface area contributed by atoms with Crippen molar-refractivity contribution in [3.63, 3.8) is 0 Å². The van der Waals surface area contributed by atoms with Gasteiger partial charge in [-0.05, 0) is 69.1 Å². The fourth-order valence-corrected chi connectivity index (χ4v) is 5.43. The Balaban J connectivity index is 2.29. The fraction of sp³-hybridized carbons (Fsp3) is 0.655. The number of hydrogen-bond donors (Lipinski definition) is 0. The number of methoxy groups -OCH3 is 1. The summed E-state index contributed by atoms with van der Waals surface area (Å²) in [6.07, 6.45) is 1.87. The van der Waals surface area contributed by atoms with Crippen LogP contribution in [0.15, 0.2) is 48.8 Å². The summed E-state index contributed by atoms with van der Waals surface area (Å²) in [7, 11) is -0.369. The molecule has 1 aromatic carbocycles. The molecule has 36 heavy (non-hydrogen) atoms. The maximum absolute atomic E-state index is 16.0. The standard InChI is InChI=1S/C29H47FO5Si/c1-12-13-25-27(34-29(7,8)33-25)26(32-19-22-14-16-23(31-9)17-15-22)24(30)18-20(2)21(3)35-36(10,11)28(4,5)6/h12,14-18,20-21,25-27H,1,13,19H2,2-11H3/b24-18+/t20-,21?,25+,26?,27+/m1/s1. The molecule has 0 saturated carbocycles. The summed E-state index contributed by atoms with van der Waals surface area (Å²) < 4.78 is 46.2. The summed E-state index contributed by atoms with van der Waals surface area (Å²) in [5.74, 6) is -0.613. The zero-order valence-corrected chi connectivity index (χ0v) is 24.9. The highest BCUT2D eigenvalue weighted by molar-refractivity contribution is 6.74. The van der Waals surface area contributed by atoms with E-state index in [0.717, 1.165) is 11.3 Å². The quantitative estimate of drug-likeness (QED) is 0.209. The first-order valence-corrected chi connectivity index (χ1v) is 15.8. The third-order valence-corrected chi connectivity index (χ3v) is 11.8. The van der Waals surface area contributed by atoms with Gasteiger partial charge in [0.15, 0.2) is 14.1 Å². The first kappa shape index (κ1) is 30.7. The van der Waals surface area contributed by atoms with Crippen LogP contribution in [0.25, 0.3) is 0 Å². The van der Waals surface area contributed by atoms with E-state index in [1.54, 1.807) is 19.3 Å². The Morgan fingerprint density at radius 1 is 1.17 bits per heavy atom. The highest BCUT2D eigenvalue weighted by Crippen LogP contribution is 2.39. The minimum Gasteiger partial charge on any atom is -0.497 e. The van der Waals surface area contributed by atoms with Gasteiger partial charge in [-0.15, -0.1) is 6.58 Å². The van der Waals surface area contributed by atoms with Crippen LogP contribution in [-0.2, 0) is 25.2 Å². The Bertz CT molecular complexity index is 875. The SMILES string of the molecule is C=CC[C@@H]1OC(C)(C)O[C@@H]1C(OCc1ccc(OC)cc1)/C(F)=C\[C@@H](C)C(C)O[Si](C)(C)C(C)(C)C. The second-order valence-electron chi connectivity index (χ2n) is 11.7. The van der Waals surface area contributed by atoms with Gasteiger partial charge in [0.2, 0.25) is 0 Å². The van der Waals surface area contributed by atoms with Crippen LogP contribution in [0.1, 0.15) is 60.5 Å². The van der Waals surface area contributed by atoms with Gasteiger partial charge in [0, 0.05) is 12.0 Å². The molecule has 1 aromatic rings. The highest BCUT2D eigenvalue weighted by Gasteiger charge is 2.47. The van der Waals surface area contributed by atoms with E-state index in [2.05, 4.69) is 40.4 Å². The first-order chi connectivity index (χ1) is 16.6. The number of benzene rings is 1. The van der Waals surface area contributed by atoms with Crippen molar-refractivity contribution >= 4 is 8.32 Å². The molecule has 1 aliphatic heterocycles. The third kappa shape index (κ3) is 8.25. The van der Waals surface area contributed by atoms with Crippen molar-refractivity contribution in [1.29, 1.82) is 0 Å². The molecule has 0 amide bonds. The average molecular weight is 523 g/mol. The predicted octanol–water partition coefficient (Wildman–Crippen LogP) is 7.58. The van der Waals surface area contributed by atoms with Crippen LogP contribution in [0, 0.1) is 5.92 Å². The topological polar surface area (TPSA) is 46.2 Å². The molecular weight excluding hydrogens is 475 g/mol. The van der Waals surface area contributed by atoms with Crippen LogP contribution < -0.4 is 4.74 Å². The van der Waals surface area contributed by atoms with Gasteiger partial charge < -0.3 is 23.4 Å². The molecule has 7 heteroatoms. The number of halogens is 1. The van der Waals surface area contributed by atoms with Gasteiger partial charge in [-0.2, -0.15) is 0 Å². The Morgan fingerprint density at radius 2 is 1.78 bits per heavy atom. The van der Waals surface area contributed by atoms with Crippen LogP contribution in [0.3, 0.4) is 0 Å². The monoisotopic (exact) mass is 522 g/mol. The Kier molecular flexibility index (Phi) is 10.5. The predicted molar refractivity (Wildman–Crippen MR) is 146 cm³/mol. The van der Waals surface area contributed by atoms with E-state index in [0.29, 0.717) is 6.42 Å². The molecule has 5 atom stereocenters. The lowest BCUT2D eigenvalue weighted by Gasteiger charge is -2.39. The van der Waals surface area contributed by atoms with E-state index in [-0.39, 0.29) is 35.6 Å². The fourth-order valence-electron chi connectivity index (χ4n) is 3.94. The molecule has 5 nitrogen and oxygen atoms in total. The summed E-state index contributed by atoms with van der Waals surface area (Å²) in [5.41, 5.74) is 0.912. The lowest BCUT2D eigenvalue weighted by atomic mass is 9.99. The molecule has 204 valence electrons. The van der Waals surface area contributed by atoms with Crippen LogP contribution in [-0.4, -0.2) is 45.6 Å². The van der Waals surface area contributed by atoms with Gasteiger partial charge in [0.25, 0.3) is 0 Å². The maximum atomic E-state index is 16.0. The lowest BCUT2D eigenvalue weighted by Crippen LogP contribution is -2.44. The van der Waals surface area contributed by atoms with Crippen LogP contribution in [0.4, 0.5) is 4.39 Å². The number of ether oxygens (including phenoxy) is 4. The minimum absolute atomic E-state index is 0.0752. The zero-order valence-electron chi connectivity index (χ0n) is 23.9. The van der Waals surface area contributed by atoms with E-state index >= 15 is 4.39 Å². The van der Waals surface area contributed by atoms with Crippen LogP contribution in [0.2, 0.25) is 18.1 Å². The second kappa shape index (κ2) is 12.4. The van der Waals surface area contributed by atoms with E-state index in [9.17, 15) is 0 Å². The van der Waals surface area contributed by atoms with Crippen molar-refractivity contribution in [2.24, 2.45) is 5.92 Å². The summed E-state index contributed by atoms with van der Waals surface area (Å²) in [5, 5.41) is 0.0752. The normalized spacial score (nSPS) is 23.2. The molecule has 1 saturated heterocycles. The molecule has 0 spiro atoms. The molecule has 1 fully saturated rings. The second-order valence-corrected chi connectivity index (χ2v) is 16.5. The number of rotatable bonds is 12. The summed E-state index contributed by atoms with van der Waals surface area (Å²) in [6, 6.07) is 7.54. The molecule has 0 N–H and O–H groups in total. The van der Waals surface area contributed by atoms with Crippen molar-refractivity contribution in [1.82, 2.24) is 0 Å². The Morgan fingerprint density at radius 3 is 2.31 bits per heavy atom. The van der Waals surface area contributed by atoms with Crippen LogP contribution in [0.5, 0.6) is 5.75 Å². The summed E-state index contributed by atoms with van der Waals surface area (Å²) in [6.45, 7) is 22.8. The maximum Gasteiger partial charge on any atom is 0.192 e. The molecule has 0 bridgehead atoms. The molecule has 0 aromatic heterocycles. The van der Waals surface area contributed by atoms with Crippen molar-refractivity contribution in [2.75, 3.05) is 7.11 Å². The molecule has 0 aliphatic carbocycles. The van der Waals surface area contributed by atoms with Crippen molar-refractivity contribution in [3.8, 4) is 5.75 Å². The van der Waals surface area contributed by atoms with Gasteiger partial charge in [-0.25, -0.2) is 4.39 Å². The smallest absolute Gasteiger partial charge is 0.192 e. The molecule has 1 heterocycles. The van der Waals surface area contributed by atoms with Crippen LogP contribution >= 0.6 is 0 Å². The lowest BCUT2D eigenvalue weighted by molar-refractivity contribution is -0.158. The largest absolute Gasteiger partial charge is 0.497 e. The van der Waals surface area contributed by atoms with Crippen molar-refractivity contribution in [2.45, 2.75) is 110 Å². The van der Waals surface area contributed by atoms with Gasteiger partial charge in [-0.1, -0.05) is 45.9 Å². The van der Waals surface area contributed by atoms with E-state index in [4.69, 9.17) is 23.4 Å². The first-order valence-electron chi connectivity index (χ1n) is 12.9. The van der Waals surface area contributed by atoms with Gasteiger partial charge in [0.1, 0.15) is 23.8 Å². The summed E-state index contributed by atoms with van der Waals surface area (Å²) in [4.78, 5) is 0. The Labute approximate surface area is 219 Å². The zero-order chi connectivity index (χ0) is 27.3. The van der Waals surface area contributed by atoms with Gasteiger partial charge in [-0.3, -0.25) is 0 Å². The summed E-state index contributed by atoms with van der Waals surface area (Å²) >= 11 is 0. The minimum atomic E-state index is -1.99. The molecule has 0 radical (unpaired) electrons. The van der Waals surface area contributed by atoms with Crippen molar-refractivity contribution in [3.05, 3.63) is 54.4 Å². The van der Waals surface area contributed by atoms with E-state index in [1.165, 1.54) is 0 Å². The molecule has 2 rings (SSSR count). The van der Waals surface area contributed by atoms with E-state index < -0.39 is 26.3 Å². The highest BCUT2D eigenvalue weighted by atomic mass is 28.4. The Hall–Kier alpha value is -1.51. The number of hydrogen-bond acceptors (Lipinski definition) is 5.